The summed E-state index contributed by atoms with van der Waals surface area (Å²) in [6.45, 7) is 2.06. The number of hydrogen-bond acceptors (Lipinski definition) is 3. The van der Waals surface area contributed by atoms with E-state index < -0.39 is 0 Å². The van der Waals surface area contributed by atoms with Gasteiger partial charge in [0.1, 0.15) is 5.82 Å². The molecule has 0 saturated heterocycles. The highest BCUT2D eigenvalue weighted by atomic mass is 79.9. The minimum atomic E-state index is -0.138. The van der Waals surface area contributed by atoms with Crippen LogP contribution in [0.3, 0.4) is 0 Å². The zero-order valence-corrected chi connectivity index (χ0v) is 13.0. The van der Waals surface area contributed by atoms with Crippen molar-refractivity contribution in [2.24, 2.45) is 0 Å². The SMILES string of the molecule is CCc1cc(Br)ccc1NC(=O)c1ccnc(NC)c1. The highest BCUT2D eigenvalue weighted by Crippen LogP contribution is 2.22. The number of halogens is 1. The quantitative estimate of drug-likeness (QED) is 0.896. The normalized spacial score (nSPS) is 10.2. The summed E-state index contributed by atoms with van der Waals surface area (Å²) in [7, 11) is 1.77. The van der Waals surface area contributed by atoms with E-state index in [0.29, 0.717) is 11.4 Å². The van der Waals surface area contributed by atoms with Crippen LogP contribution in [0.4, 0.5) is 11.5 Å². The fourth-order valence-corrected chi connectivity index (χ4v) is 2.29. The van der Waals surface area contributed by atoms with Crippen LogP contribution in [0.25, 0.3) is 0 Å². The molecule has 1 aromatic carbocycles. The topological polar surface area (TPSA) is 54.0 Å². The number of amides is 1. The second kappa shape index (κ2) is 6.52. The molecule has 0 spiro atoms. The van der Waals surface area contributed by atoms with Crippen molar-refractivity contribution in [1.29, 1.82) is 0 Å². The fourth-order valence-electron chi connectivity index (χ4n) is 1.88. The van der Waals surface area contributed by atoms with Crippen molar-refractivity contribution in [1.82, 2.24) is 4.98 Å². The van der Waals surface area contributed by atoms with Crippen molar-refractivity contribution < 1.29 is 4.79 Å². The molecule has 0 bridgehead atoms. The van der Waals surface area contributed by atoms with Gasteiger partial charge in [-0.3, -0.25) is 4.79 Å². The highest BCUT2D eigenvalue weighted by Gasteiger charge is 2.09. The van der Waals surface area contributed by atoms with Crippen molar-refractivity contribution >= 4 is 33.3 Å². The number of nitrogens with one attached hydrogen (secondary N) is 2. The Morgan fingerprint density at radius 3 is 2.80 bits per heavy atom. The van der Waals surface area contributed by atoms with Gasteiger partial charge in [0.05, 0.1) is 0 Å². The summed E-state index contributed by atoms with van der Waals surface area (Å²) in [6.07, 6.45) is 2.47. The number of aromatic nitrogens is 1. The number of aryl methyl sites for hydroxylation is 1. The molecule has 1 aromatic heterocycles. The molecular formula is C15H16BrN3O. The maximum Gasteiger partial charge on any atom is 0.255 e. The summed E-state index contributed by atoms with van der Waals surface area (Å²) < 4.78 is 1.01. The number of carbonyl (C=O) groups excluding carboxylic acids is 1. The lowest BCUT2D eigenvalue weighted by Gasteiger charge is -2.11. The molecule has 0 unspecified atom stereocenters. The minimum Gasteiger partial charge on any atom is -0.373 e. The Morgan fingerprint density at radius 2 is 2.10 bits per heavy atom. The number of carbonyl (C=O) groups is 1. The highest BCUT2D eigenvalue weighted by molar-refractivity contribution is 9.10. The molecule has 2 rings (SSSR count). The Kier molecular flexibility index (Phi) is 4.74. The van der Waals surface area contributed by atoms with Gasteiger partial charge in [0.25, 0.3) is 5.91 Å². The van der Waals surface area contributed by atoms with E-state index in [9.17, 15) is 4.79 Å². The average molecular weight is 334 g/mol. The monoisotopic (exact) mass is 333 g/mol. The van der Waals surface area contributed by atoms with Crippen LogP contribution in [0, 0.1) is 0 Å². The van der Waals surface area contributed by atoms with Crippen LogP contribution < -0.4 is 10.6 Å². The summed E-state index contributed by atoms with van der Waals surface area (Å²) in [4.78, 5) is 16.4. The van der Waals surface area contributed by atoms with Crippen molar-refractivity contribution in [2.45, 2.75) is 13.3 Å². The Morgan fingerprint density at radius 1 is 1.30 bits per heavy atom. The van der Waals surface area contributed by atoms with E-state index >= 15 is 0 Å². The molecule has 5 heteroatoms. The van der Waals surface area contributed by atoms with E-state index in [1.807, 2.05) is 18.2 Å². The first-order chi connectivity index (χ1) is 9.63. The van der Waals surface area contributed by atoms with Crippen LogP contribution >= 0.6 is 15.9 Å². The van der Waals surface area contributed by atoms with E-state index in [1.165, 1.54) is 0 Å². The van der Waals surface area contributed by atoms with Crippen LogP contribution in [0.1, 0.15) is 22.8 Å². The molecule has 0 aliphatic rings. The van der Waals surface area contributed by atoms with Crippen molar-refractivity contribution in [3.8, 4) is 0 Å². The first-order valence-electron chi connectivity index (χ1n) is 6.37. The van der Waals surface area contributed by atoms with Crippen LogP contribution in [-0.2, 0) is 6.42 Å². The van der Waals surface area contributed by atoms with Crippen LogP contribution in [0.2, 0.25) is 0 Å². The van der Waals surface area contributed by atoms with Crippen LogP contribution in [-0.4, -0.2) is 17.9 Å². The molecule has 2 aromatic rings. The third-order valence-electron chi connectivity index (χ3n) is 2.97. The Hall–Kier alpha value is -1.88. The molecule has 0 radical (unpaired) electrons. The smallest absolute Gasteiger partial charge is 0.255 e. The first-order valence-corrected chi connectivity index (χ1v) is 7.17. The van der Waals surface area contributed by atoms with Gasteiger partial charge in [-0.2, -0.15) is 0 Å². The number of rotatable bonds is 4. The Labute approximate surface area is 126 Å². The molecular weight excluding hydrogens is 318 g/mol. The van der Waals surface area contributed by atoms with Crippen LogP contribution in [0.5, 0.6) is 0 Å². The molecule has 2 N–H and O–H groups in total. The largest absolute Gasteiger partial charge is 0.373 e. The minimum absolute atomic E-state index is 0.138. The third kappa shape index (κ3) is 3.36. The third-order valence-corrected chi connectivity index (χ3v) is 3.47. The van der Waals surface area contributed by atoms with Crippen molar-refractivity contribution in [2.75, 3.05) is 17.7 Å². The molecule has 0 saturated carbocycles. The summed E-state index contributed by atoms with van der Waals surface area (Å²) in [6, 6.07) is 9.25. The lowest BCUT2D eigenvalue weighted by Crippen LogP contribution is -2.13. The van der Waals surface area contributed by atoms with Crippen molar-refractivity contribution in [3.05, 3.63) is 52.1 Å². The molecule has 1 heterocycles. The lowest BCUT2D eigenvalue weighted by molar-refractivity contribution is 0.102. The maximum atomic E-state index is 12.3. The molecule has 0 aliphatic carbocycles. The molecule has 0 aliphatic heterocycles. The number of hydrogen-bond donors (Lipinski definition) is 2. The number of pyridine rings is 1. The molecule has 20 heavy (non-hydrogen) atoms. The maximum absolute atomic E-state index is 12.3. The van der Waals surface area contributed by atoms with E-state index in [1.54, 1.807) is 25.4 Å². The predicted octanol–water partition coefficient (Wildman–Crippen LogP) is 3.70. The zero-order chi connectivity index (χ0) is 14.5. The predicted molar refractivity (Wildman–Crippen MR) is 85.3 cm³/mol. The van der Waals surface area contributed by atoms with Crippen LogP contribution in [0.15, 0.2) is 41.0 Å². The van der Waals surface area contributed by atoms with E-state index in [0.717, 1.165) is 22.1 Å². The first kappa shape index (κ1) is 14.5. The van der Waals surface area contributed by atoms with Gasteiger partial charge in [-0.15, -0.1) is 0 Å². The van der Waals surface area contributed by atoms with Gasteiger partial charge in [0.15, 0.2) is 0 Å². The van der Waals surface area contributed by atoms with E-state index in [2.05, 4.69) is 38.5 Å². The van der Waals surface area contributed by atoms with Gasteiger partial charge in [0, 0.05) is 29.0 Å². The zero-order valence-electron chi connectivity index (χ0n) is 11.4. The summed E-state index contributed by atoms with van der Waals surface area (Å²) >= 11 is 3.44. The number of anilines is 2. The molecule has 4 nitrogen and oxygen atoms in total. The lowest BCUT2D eigenvalue weighted by atomic mass is 10.1. The van der Waals surface area contributed by atoms with Gasteiger partial charge in [-0.05, 0) is 42.3 Å². The van der Waals surface area contributed by atoms with E-state index in [4.69, 9.17) is 0 Å². The summed E-state index contributed by atoms with van der Waals surface area (Å²) in [5.74, 6) is 0.532. The second-order valence-electron chi connectivity index (χ2n) is 4.29. The van der Waals surface area contributed by atoms with Gasteiger partial charge in [0.2, 0.25) is 0 Å². The molecule has 1 amide bonds. The Balaban J connectivity index is 2.23. The standard InChI is InChI=1S/C15H16BrN3O/c1-3-10-8-12(16)4-5-13(10)19-15(20)11-6-7-18-14(9-11)17-2/h4-9H,3H2,1-2H3,(H,17,18)(H,19,20). The van der Waals surface area contributed by atoms with Gasteiger partial charge in [-0.1, -0.05) is 22.9 Å². The van der Waals surface area contributed by atoms with Crippen molar-refractivity contribution in [3.63, 3.8) is 0 Å². The van der Waals surface area contributed by atoms with Gasteiger partial charge < -0.3 is 10.6 Å². The fraction of sp³-hybridized carbons (Fsp3) is 0.200. The Bertz CT molecular complexity index is 628. The number of nitrogens with zero attached hydrogens (tertiary/aromatic N) is 1. The average Bonchev–Trinajstić information content (AvgIpc) is 2.49. The number of benzene rings is 1. The van der Waals surface area contributed by atoms with Gasteiger partial charge in [-0.25, -0.2) is 4.98 Å². The molecule has 104 valence electrons. The van der Waals surface area contributed by atoms with Gasteiger partial charge >= 0.3 is 0 Å². The second-order valence-corrected chi connectivity index (χ2v) is 5.20. The summed E-state index contributed by atoms with van der Waals surface area (Å²) in [5, 5.41) is 5.86. The summed E-state index contributed by atoms with van der Waals surface area (Å²) in [5.41, 5.74) is 2.51. The molecule has 0 fully saturated rings. The molecule has 0 atom stereocenters. The van der Waals surface area contributed by atoms with E-state index in [-0.39, 0.29) is 5.91 Å².